The topological polar surface area (TPSA) is 35.2 Å². The van der Waals surface area contributed by atoms with Gasteiger partial charge in [0.05, 0.1) is 11.7 Å². The molecule has 112 valence electrons. The van der Waals surface area contributed by atoms with Gasteiger partial charge in [0.1, 0.15) is 5.75 Å². The monoisotopic (exact) mass is 287 g/mol. The van der Waals surface area contributed by atoms with Crippen LogP contribution in [0.3, 0.4) is 0 Å². The second-order valence-electron chi connectivity index (χ2n) is 5.91. The third-order valence-corrected chi connectivity index (χ3v) is 3.74. The molecule has 1 aliphatic rings. The largest absolute Gasteiger partial charge is 0.490 e. The number of halogens is 3. The number of benzene rings is 1. The van der Waals surface area contributed by atoms with E-state index in [1.165, 1.54) is 12.1 Å². The van der Waals surface area contributed by atoms with E-state index in [9.17, 15) is 13.2 Å². The maximum Gasteiger partial charge on any atom is 0.420 e. The predicted molar refractivity (Wildman–Crippen MR) is 72.5 cm³/mol. The van der Waals surface area contributed by atoms with Crippen molar-refractivity contribution in [3.8, 4) is 5.75 Å². The Hall–Kier alpha value is -1.39. The lowest BCUT2D eigenvalue weighted by Gasteiger charge is -2.32. The maximum absolute atomic E-state index is 13.0. The minimum absolute atomic E-state index is 0.0926. The van der Waals surface area contributed by atoms with E-state index in [2.05, 4.69) is 13.8 Å². The summed E-state index contributed by atoms with van der Waals surface area (Å²) in [4.78, 5) is 0. The fourth-order valence-corrected chi connectivity index (χ4v) is 3.02. The van der Waals surface area contributed by atoms with Crippen LogP contribution in [0.1, 0.15) is 38.7 Å². The summed E-state index contributed by atoms with van der Waals surface area (Å²) in [5.41, 5.74) is 4.75. The third kappa shape index (κ3) is 3.58. The molecule has 2 nitrogen and oxygen atoms in total. The average Bonchev–Trinajstić information content (AvgIpc) is 2.28. The maximum atomic E-state index is 13.0. The fourth-order valence-electron chi connectivity index (χ4n) is 3.02. The Morgan fingerprint density at radius 3 is 2.25 bits per heavy atom. The van der Waals surface area contributed by atoms with Crippen molar-refractivity contribution in [2.45, 2.75) is 45.4 Å². The Morgan fingerprint density at radius 2 is 1.70 bits per heavy atom. The first-order chi connectivity index (χ1) is 9.25. The van der Waals surface area contributed by atoms with E-state index >= 15 is 0 Å². The van der Waals surface area contributed by atoms with Crippen LogP contribution in [0.2, 0.25) is 0 Å². The minimum Gasteiger partial charge on any atom is -0.490 e. The molecule has 0 saturated heterocycles. The van der Waals surface area contributed by atoms with Gasteiger partial charge in [0.2, 0.25) is 0 Å². The summed E-state index contributed by atoms with van der Waals surface area (Å²) in [5.74, 6) is 0.844. The molecule has 0 aromatic heterocycles. The second-order valence-corrected chi connectivity index (χ2v) is 5.91. The SMILES string of the molecule is CC1CC(C)CC(Oc2ccc(N)cc2C(F)(F)F)C1. The molecule has 2 rings (SSSR count). The lowest BCUT2D eigenvalue weighted by atomic mass is 9.82. The van der Waals surface area contributed by atoms with Crippen molar-refractivity contribution in [3.63, 3.8) is 0 Å². The molecular weight excluding hydrogens is 267 g/mol. The van der Waals surface area contributed by atoms with Gasteiger partial charge in [-0.3, -0.25) is 0 Å². The van der Waals surface area contributed by atoms with Gasteiger partial charge in [-0.1, -0.05) is 13.8 Å². The third-order valence-electron chi connectivity index (χ3n) is 3.74. The van der Waals surface area contributed by atoms with Crippen molar-refractivity contribution in [1.29, 1.82) is 0 Å². The van der Waals surface area contributed by atoms with Gasteiger partial charge in [0, 0.05) is 5.69 Å². The highest BCUT2D eigenvalue weighted by atomic mass is 19.4. The number of nitrogens with two attached hydrogens (primary N) is 1. The highest BCUT2D eigenvalue weighted by Gasteiger charge is 2.36. The molecule has 5 heteroatoms. The van der Waals surface area contributed by atoms with Crippen molar-refractivity contribution in [1.82, 2.24) is 0 Å². The van der Waals surface area contributed by atoms with E-state index in [0.717, 1.165) is 25.3 Å². The Balaban J connectivity index is 2.21. The number of rotatable bonds is 2. The van der Waals surface area contributed by atoms with Crippen molar-refractivity contribution in [2.75, 3.05) is 5.73 Å². The van der Waals surface area contributed by atoms with Crippen LogP contribution in [0.15, 0.2) is 18.2 Å². The standard InChI is InChI=1S/C15H20F3NO/c1-9-5-10(2)7-12(6-9)20-14-4-3-11(19)8-13(14)15(16,17)18/h3-4,8-10,12H,5-7,19H2,1-2H3. The van der Waals surface area contributed by atoms with E-state index < -0.39 is 11.7 Å². The van der Waals surface area contributed by atoms with Gasteiger partial charge in [0.25, 0.3) is 0 Å². The average molecular weight is 287 g/mol. The number of hydrogen-bond acceptors (Lipinski definition) is 2. The van der Waals surface area contributed by atoms with E-state index in [1.54, 1.807) is 0 Å². The Bertz CT molecular complexity index is 463. The number of nitrogen functional groups attached to an aromatic ring is 1. The summed E-state index contributed by atoms with van der Waals surface area (Å²) in [6, 6.07) is 3.70. The number of anilines is 1. The highest BCUT2D eigenvalue weighted by molar-refractivity contribution is 5.49. The highest BCUT2D eigenvalue weighted by Crippen LogP contribution is 2.39. The zero-order valence-corrected chi connectivity index (χ0v) is 11.7. The lowest BCUT2D eigenvalue weighted by molar-refractivity contribution is -0.139. The molecule has 1 fully saturated rings. The van der Waals surface area contributed by atoms with Gasteiger partial charge in [-0.05, 0) is 49.3 Å². The molecule has 1 saturated carbocycles. The van der Waals surface area contributed by atoms with Gasteiger partial charge >= 0.3 is 6.18 Å². The Labute approximate surface area is 117 Å². The van der Waals surface area contributed by atoms with Gasteiger partial charge in [-0.15, -0.1) is 0 Å². The van der Waals surface area contributed by atoms with E-state index in [1.807, 2.05) is 0 Å². The molecule has 0 bridgehead atoms. The summed E-state index contributed by atoms with van der Waals surface area (Å²) < 4.78 is 44.6. The van der Waals surface area contributed by atoms with Crippen molar-refractivity contribution < 1.29 is 17.9 Å². The Kier molecular flexibility index (Phi) is 4.16. The van der Waals surface area contributed by atoms with Crippen molar-refractivity contribution in [3.05, 3.63) is 23.8 Å². The first-order valence-electron chi connectivity index (χ1n) is 6.89. The Morgan fingerprint density at radius 1 is 1.10 bits per heavy atom. The van der Waals surface area contributed by atoms with E-state index in [0.29, 0.717) is 11.8 Å². The quantitative estimate of drug-likeness (QED) is 0.813. The van der Waals surface area contributed by atoms with Crippen LogP contribution in [-0.4, -0.2) is 6.10 Å². The van der Waals surface area contributed by atoms with Crippen LogP contribution in [0, 0.1) is 11.8 Å². The van der Waals surface area contributed by atoms with Crippen molar-refractivity contribution in [2.24, 2.45) is 11.8 Å². The normalized spacial score (nSPS) is 27.4. The molecule has 1 aliphatic carbocycles. The molecule has 1 aromatic carbocycles. The smallest absolute Gasteiger partial charge is 0.420 e. The molecule has 0 radical (unpaired) electrons. The molecule has 0 amide bonds. The summed E-state index contributed by atoms with van der Waals surface area (Å²) in [7, 11) is 0. The number of hydrogen-bond donors (Lipinski definition) is 1. The van der Waals surface area contributed by atoms with Crippen LogP contribution in [0.5, 0.6) is 5.75 Å². The van der Waals surface area contributed by atoms with E-state index in [-0.39, 0.29) is 17.5 Å². The van der Waals surface area contributed by atoms with Crippen molar-refractivity contribution >= 4 is 5.69 Å². The molecule has 0 heterocycles. The van der Waals surface area contributed by atoms with E-state index in [4.69, 9.17) is 10.5 Å². The first-order valence-corrected chi connectivity index (χ1v) is 6.89. The molecule has 2 N–H and O–H groups in total. The van der Waals surface area contributed by atoms with Crippen LogP contribution in [0.25, 0.3) is 0 Å². The molecule has 2 atom stereocenters. The van der Waals surface area contributed by atoms with Crippen LogP contribution in [-0.2, 0) is 6.18 Å². The summed E-state index contributed by atoms with van der Waals surface area (Å²) in [5, 5.41) is 0. The van der Waals surface area contributed by atoms with Crippen LogP contribution >= 0.6 is 0 Å². The molecule has 2 unspecified atom stereocenters. The second kappa shape index (κ2) is 5.54. The fraction of sp³-hybridized carbons (Fsp3) is 0.600. The summed E-state index contributed by atoms with van der Waals surface area (Å²) >= 11 is 0. The van der Waals surface area contributed by atoms with Gasteiger partial charge in [-0.25, -0.2) is 0 Å². The zero-order chi connectivity index (χ0) is 14.9. The number of alkyl halides is 3. The zero-order valence-electron chi connectivity index (χ0n) is 11.7. The van der Waals surface area contributed by atoms with Gasteiger partial charge < -0.3 is 10.5 Å². The van der Waals surface area contributed by atoms with Gasteiger partial charge in [0.15, 0.2) is 0 Å². The van der Waals surface area contributed by atoms with Gasteiger partial charge in [-0.2, -0.15) is 13.2 Å². The number of ether oxygens (including phenoxy) is 1. The molecule has 1 aromatic rings. The summed E-state index contributed by atoms with van der Waals surface area (Å²) in [6.45, 7) is 4.22. The molecule has 20 heavy (non-hydrogen) atoms. The molecular formula is C15H20F3NO. The first kappa shape index (κ1) is 15.0. The molecule has 0 spiro atoms. The minimum atomic E-state index is -4.45. The van der Waals surface area contributed by atoms with Crippen LogP contribution in [0.4, 0.5) is 18.9 Å². The lowest BCUT2D eigenvalue weighted by Crippen LogP contribution is -2.29. The summed E-state index contributed by atoms with van der Waals surface area (Å²) in [6.07, 6.45) is -1.90. The predicted octanol–water partition coefficient (Wildman–Crippen LogP) is 4.49. The molecule has 0 aliphatic heterocycles. The van der Waals surface area contributed by atoms with Crippen LogP contribution < -0.4 is 10.5 Å².